The predicted molar refractivity (Wildman–Crippen MR) is 93.5 cm³/mol. The Balaban J connectivity index is 2.20. The molecule has 0 aromatic heterocycles. The Morgan fingerprint density at radius 2 is 1.77 bits per heavy atom. The molecule has 0 aliphatic rings. The average Bonchev–Trinajstić information content (AvgIpc) is 2.46. The highest BCUT2D eigenvalue weighted by atomic mass is 14.9. The Hall–Kier alpha value is -2.53. The van der Waals surface area contributed by atoms with Gasteiger partial charge < -0.3 is 5.32 Å². The monoisotopic (exact) mass is 290 g/mol. The van der Waals surface area contributed by atoms with Gasteiger partial charge in [0, 0.05) is 5.69 Å². The first-order chi connectivity index (χ1) is 10.4. The van der Waals surface area contributed by atoms with E-state index in [-0.39, 0.29) is 5.41 Å². The van der Waals surface area contributed by atoms with Crippen LogP contribution in [0.25, 0.3) is 6.08 Å². The van der Waals surface area contributed by atoms with Gasteiger partial charge in [0.2, 0.25) is 0 Å². The number of benzene rings is 2. The van der Waals surface area contributed by atoms with Crippen LogP contribution < -0.4 is 5.32 Å². The van der Waals surface area contributed by atoms with Crippen molar-refractivity contribution in [1.29, 1.82) is 5.26 Å². The summed E-state index contributed by atoms with van der Waals surface area (Å²) in [4.78, 5) is 0. The molecule has 0 unspecified atom stereocenters. The van der Waals surface area contributed by atoms with E-state index in [1.165, 1.54) is 5.56 Å². The van der Waals surface area contributed by atoms with Gasteiger partial charge in [0.15, 0.2) is 0 Å². The SMILES string of the molecule is Cc1cccc(NC(C#N)=Cc2ccc(C(C)(C)C)cc2)c1. The fourth-order valence-electron chi connectivity index (χ4n) is 2.22. The summed E-state index contributed by atoms with van der Waals surface area (Å²) in [5, 5.41) is 12.5. The lowest BCUT2D eigenvalue weighted by Crippen LogP contribution is -2.10. The van der Waals surface area contributed by atoms with Gasteiger partial charge in [-0.3, -0.25) is 0 Å². The van der Waals surface area contributed by atoms with Crippen molar-refractivity contribution >= 4 is 11.8 Å². The number of rotatable bonds is 3. The molecule has 0 aliphatic carbocycles. The van der Waals surface area contributed by atoms with Crippen LogP contribution in [0.1, 0.15) is 37.5 Å². The van der Waals surface area contributed by atoms with Crippen LogP contribution in [0, 0.1) is 18.3 Å². The molecule has 0 heterocycles. The fourth-order valence-corrected chi connectivity index (χ4v) is 2.22. The smallest absolute Gasteiger partial charge is 0.118 e. The molecule has 0 saturated carbocycles. The molecule has 2 rings (SSSR count). The van der Waals surface area contributed by atoms with Gasteiger partial charge in [-0.2, -0.15) is 5.26 Å². The second kappa shape index (κ2) is 6.49. The highest BCUT2D eigenvalue weighted by molar-refractivity contribution is 5.64. The van der Waals surface area contributed by atoms with Crippen LogP contribution in [0.3, 0.4) is 0 Å². The maximum absolute atomic E-state index is 9.32. The molecule has 22 heavy (non-hydrogen) atoms. The fraction of sp³-hybridized carbons (Fsp3) is 0.250. The molecule has 2 aromatic carbocycles. The minimum absolute atomic E-state index is 0.139. The van der Waals surface area contributed by atoms with Crippen molar-refractivity contribution < 1.29 is 0 Å². The van der Waals surface area contributed by atoms with E-state index in [9.17, 15) is 5.26 Å². The van der Waals surface area contributed by atoms with Crippen LogP contribution in [0.5, 0.6) is 0 Å². The molecule has 0 fully saturated rings. The lowest BCUT2D eigenvalue weighted by Gasteiger charge is -2.18. The molecular formula is C20H22N2. The van der Waals surface area contributed by atoms with Crippen LogP contribution in [0.15, 0.2) is 54.2 Å². The first kappa shape index (κ1) is 15.9. The standard InChI is InChI=1S/C20H22N2/c1-15-6-5-7-18(12-15)22-19(14-21)13-16-8-10-17(11-9-16)20(2,3)4/h5-13,22H,1-4H3. The molecule has 0 spiro atoms. The lowest BCUT2D eigenvalue weighted by molar-refractivity contribution is 0.590. The Labute approximate surface area is 133 Å². The van der Waals surface area contributed by atoms with Crippen molar-refractivity contribution in [1.82, 2.24) is 0 Å². The van der Waals surface area contributed by atoms with Crippen LogP contribution in [-0.4, -0.2) is 0 Å². The molecule has 2 aromatic rings. The van der Waals surface area contributed by atoms with Crippen LogP contribution >= 0.6 is 0 Å². The molecule has 0 amide bonds. The second-order valence-corrected chi connectivity index (χ2v) is 6.54. The maximum atomic E-state index is 9.32. The quantitative estimate of drug-likeness (QED) is 0.782. The summed E-state index contributed by atoms with van der Waals surface area (Å²) in [6.07, 6.45) is 1.87. The van der Waals surface area contributed by atoms with Crippen molar-refractivity contribution in [2.45, 2.75) is 33.1 Å². The van der Waals surface area contributed by atoms with Gasteiger partial charge in [0.05, 0.1) is 0 Å². The predicted octanol–water partition coefficient (Wildman–Crippen LogP) is 5.27. The van der Waals surface area contributed by atoms with E-state index in [4.69, 9.17) is 0 Å². The zero-order valence-corrected chi connectivity index (χ0v) is 13.6. The van der Waals surface area contributed by atoms with E-state index in [0.717, 1.165) is 16.8 Å². The topological polar surface area (TPSA) is 35.8 Å². The van der Waals surface area contributed by atoms with Gasteiger partial charge in [0.1, 0.15) is 11.8 Å². The third kappa shape index (κ3) is 4.23. The molecule has 0 radical (unpaired) electrons. The third-order valence-corrected chi connectivity index (χ3v) is 3.51. The van der Waals surface area contributed by atoms with E-state index in [2.05, 4.69) is 56.4 Å². The van der Waals surface area contributed by atoms with Gasteiger partial charge in [-0.1, -0.05) is 57.2 Å². The van der Waals surface area contributed by atoms with Gasteiger partial charge in [-0.25, -0.2) is 0 Å². The summed E-state index contributed by atoms with van der Waals surface area (Å²) in [5.74, 6) is 0. The largest absolute Gasteiger partial charge is 0.347 e. The normalized spacial score (nSPS) is 11.9. The van der Waals surface area contributed by atoms with Crippen molar-refractivity contribution in [3.05, 3.63) is 70.9 Å². The molecule has 112 valence electrons. The Morgan fingerprint density at radius 1 is 1.09 bits per heavy atom. The van der Waals surface area contributed by atoms with Crippen LogP contribution in [0.4, 0.5) is 5.69 Å². The van der Waals surface area contributed by atoms with E-state index in [1.807, 2.05) is 37.3 Å². The Morgan fingerprint density at radius 3 is 2.32 bits per heavy atom. The first-order valence-electron chi connectivity index (χ1n) is 7.44. The van der Waals surface area contributed by atoms with Crippen LogP contribution in [0.2, 0.25) is 0 Å². The maximum Gasteiger partial charge on any atom is 0.118 e. The number of anilines is 1. The van der Waals surface area contributed by atoms with Crippen molar-refractivity contribution in [2.75, 3.05) is 5.32 Å². The third-order valence-electron chi connectivity index (χ3n) is 3.51. The second-order valence-electron chi connectivity index (χ2n) is 6.54. The first-order valence-corrected chi connectivity index (χ1v) is 7.44. The summed E-state index contributed by atoms with van der Waals surface area (Å²) in [6.45, 7) is 8.61. The number of nitrogens with one attached hydrogen (secondary N) is 1. The average molecular weight is 290 g/mol. The summed E-state index contributed by atoms with van der Waals surface area (Å²) in [6, 6.07) is 18.5. The molecular weight excluding hydrogens is 268 g/mol. The zero-order chi connectivity index (χ0) is 16.2. The van der Waals surface area contributed by atoms with Gasteiger partial charge in [-0.05, 0) is 47.2 Å². The van der Waals surface area contributed by atoms with E-state index < -0.39 is 0 Å². The highest BCUT2D eigenvalue weighted by Crippen LogP contribution is 2.23. The number of hydrogen-bond donors (Lipinski definition) is 1. The van der Waals surface area contributed by atoms with Crippen molar-refractivity contribution in [2.24, 2.45) is 0 Å². The van der Waals surface area contributed by atoms with E-state index in [0.29, 0.717) is 5.70 Å². The van der Waals surface area contributed by atoms with Crippen molar-refractivity contribution in [3.8, 4) is 6.07 Å². The van der Waals surface area contributed by atoms with E-state index >= 15 is 0 Å². The number of nitriles is 1. The highest BCUT2D eigenvalue weighted by Gasteiger charge is 2.12. The molecule has 0 atom stereocenters. The number of aryl methyl sites for hydroxylation is 1. The van der Waals surface area contributed by atoms with E-state index in [1.54, 1.807) is 0 Å². The molecule has 2 heteroatoms. The zero-order valence-electron chi connectivity index (χ0n) is 13.6. The van der Waals surface area contributed by atoms with Gasteiger partial charge >= 0.3 is 0 Å². The number of nitrogens with zero attached hydrogens (tertiary/aromatic N) is 1. The summed E-state index contributed by atoms with van der Waals surface area (Å²) in [7, 11) is 0. The summed E-state index contributed by atoms with van der Waals surface area (Å²) < 4.78 is 0. The molecule has 2 nitrogen and oxygen atoms in total. The minimum atomic E-state index is 0.139. The molecule has 0 saturated heterocycles. The molecule has 0 aliphatic heterocycles. The Bertz CT molecular complexity index is 711. The van der Waals surface area contributed by atoms with Gasteiger partial charge in [-0.15, -0.1) is 0 Å². The minimum Gasteiger partial charge on any atom is -0.347 e. The summed E-state index contributed by atoms with van der Waals surface area (Å²) in [5.41, 5.74) is 5.07. The molecule has 1 N–H and O–H groups in total. The Kier molecular flexibility index (Phi) is 4.68. The number of allylic oxidation sites excluding steroid dienone is 1. The van der Waals surface area contributed by atoms with Crippen molar-refractivity contribution in [3.63, 3.8) is 0 Å². The molecule has 0 bridgehead atoms. The van der Waals surface area contributed by atoms with Crippen LogP contribution in [-0.2, 0) is 5.41 Å². The van der Waals surface area contributed by atoms with Gasteiger partial charge in [0.25, 0.3) is 0 Å². The lowest BCUT2D eigenvalue weighted by atomic mass is 9.87. The summed E-state index contributed by atoms with van der Waals surface area (Å²) >= 11 is 0. The number of hydrogen-bond acceptors (Lipinski definition) is 2.